The van der Waals surface area contributed by atoms with E-state index in [9.17, 15) is 9.59 Å². The van der Waals surface area contributed by atoms with Gasteiger partial charge >= 0.3 is 5.97 Å². The summed E-state index contributed by atoms with van der Waals surface area (Å²) in [6.07, 6.45) is 9.27. The number of fused-ring (bicyclic) bond motifs is 1. The summed E-state index contributed by atoms with van der Waals surface area (Å²) < 4.78 is 4.71. The molecule has 1 N–H and O–H groups in total. The molecule has 2 aromatic heterocycles. The van der Waals surface area contributed by atoms with Gasteiger partial charge in [0.05, 0.1) is 18.2 Å². The van der Waals surface area contributed by atoms with E-state index in [2.05, 4.69) is 15.3 Å². The third-order valence-corrected chi connectivity index (χ3v) is 6.16. The Labute approximate surface area is 178 Å². The topological polar surface area (TPSA) is 80.6 Å². The van der Waals surface area contributed by atoms with Crippen LogP contribution in [0.5, 0.6) is 0 Å². The van der Waals surface area contributed by atoms with Crippen molar-refractivity contribution in [1.29, 1.82) is 0 Å². The van der Waals surface area contributed by atoms with Crippen LogP contribution in [0.15, 0.2) is 53.8 Å². The molecule has 0 aliphatic heterocycles. The molecule has 1 aliphatic carbocycles. The molecule has 0 unspecified atom stereocenters. The average molecular weight is 420 g/mol. The van der Waals surface area contributed by atoms with Crippen LogP contribution >= 0.6 is 11.3 Å². The van der Waals surface area contributed by atoms with Crippen molar-refractivity contribution in [3.8, 4) is 0 Å². The number of hydrogen-bond acceptors (Lipinski definition) is 6. The third-order valence-electron chi connectivity index (χ3n) is 4.96. The Bertz CT molecular complexity index is 1090. The van der Waals surface area contributed by atoms with E-state index in [1.54, 1.807) is 54.2 Å². The molecule has 0 radical (unpaired) electrons. The molecule has 1 aliphatic rings. The van der Waals surface area contributed by atoms with Gasteiger partial charge in [0.2, 0.25) is 0 Å². The number of aryl methyl sites for hydroxylation is 1. The molecule has 3 aromatic rings. The van der Waals surface area contributed by atoms with Gasteiger partial charge < -0.3 is 10.1 Å². The maximum atomic E-state index is 13.2. The van der Waals surface area contributed by atoms with Crippen molar-refractivity contribution >= 4 is 40.1 Å². The van der Waals surface area contributed by atoms with Crippen LogP contribution in [0.2, 0.25) is 0 Å². The lowest BCUT2D eigenvalue weighted by molar-refractivity contribution is 0.0600. The number of carbonyl (C=O) groups is 2. The molecule has 6 nitrogen and oxygen atoms in total. The first-order valence-corrected chi connectivity index (χ1v) is 10.6. The van der Waals surface area contributed by atoms with Crippen LogP contribution in [0.1, 0.15) is 49.6 Å². The second-order valence-corrected chi connectivity index (χ2v) is 8.04. The van der Waals surface area contributed by atoms with Crippen molar-refractivity contribution in [2.24, 2.45) is 4.99 Å². The minimum absolute atomic E-state index is 0.182. The molecule has 0 atom stereocenters. The first-order chi connectivity index (χ1) is 14.7. The van der Waals surface area contributed by atoms with Crippen molar-refractivity contribution in [1.82, 2.24) is 4.98 Å². The highest BCUT2D eigenvalue weighted by Gasteiger charge is 2.25. The number of benzene rings is 1. The third kappa shape index (κ3) is 4.31. The zero-order valence-corrected chi connectivity index (χ0v) is 17.4. The Morgan fingerprint density at radius 3 is 2.70 bits per heavy atom. The van der Waals surface area contributed by atoms with E-state index in [1.807, 2.05) is 12.1 Å². The molecular weight excluding hydrogens is 398 g/mol. The summed E-state index contributed by atoms with van der Waals surface area (Å²) in [6.45, 7) is 0. The van der Waals surface area contributed by atoms with Crippen molar-refractivity contribution < 1.29 is 14.3 Å². The van der Waals surface area contributed by atoms with Crippen molar-refractivity contribution in [2.45, 2.75) is 25.7 Å². The van der Waals surface area contributed by atoms with Gasteiger partial charge in [-0.2, -0.15) is 0 Å². The minimum Gasteiger partial charge on any atom is -0.465 e. The second kappa shape index (κ2) is 9.00. The molecule has 0 spiro atoms. The van der Waals surface area contributed by atoms with E-state index in [1.165, 1.54) is 12.0 Å². The Morgan fingerprint density at radius 1 is 1.17 bits per heavy atom. The van der Waals surface area contributed by atoms with Crippen molar-refractivity contribution in [3.63, 3.8) is 0 Å². The van der Waals surface area contributed by atoms with E-state index in [0.29, 0.717) is 16.8 Å². The highest BCUT2D eigenvalue weighted by Crippen LogP contribution is 2.40. The monoisotopic (exact) mass is 419 g/mol. The molecule has 30 heavy (non-hydrogen) atoms. The van der Waals surface area contributed by atoms with Gasteiger partial charge in [-0.3, -0.25) is 9.78 Å². The lowest BCUT2D eigenvalue weighted by Gasteiger charge is -2.13. The van der Waals surface area contributed by atoms with Gasteiger partial charge in [0, 0.05) is 34.7 Å². The number of nitrogens with one attached hydrogen (secondary N) is 1. The average Bonchev–Trinajstić information content (AvgIpc) is 3.17. The van der Waals surface area contributed by atoms with Gasteiger partial charge in [-0.25, -0.2) is 9.79 Å². The Morgan fingerprint density at radius 2 is 1.97 bits per heavy atom. The van der Waals surface area contributed by atoms with E-state index in [0.717, 1.165) is 41.8 Å². The zero-order chi connectivity index (χ0) is 20.9. The zero-order valence-electron chi connectivity index (χ0n) is 16.6. The Hall–Kier alpha value is -3.32. The molecule has 0 saturated heterocycles. The van der Waals surface area contributed by atoms with Crippen LogP contribution in [-0.4, -0.2) is 30.2 Å². The number of rotatable bonds is 5. The number of aliphatic imine (C=N–C) groups is 1. The molecule has 7 heteroatoms. The van der Waals surface area contributed by atoms with Gasteiger partial charge in [-0.15, -0.1) is 11.3 Å². The van der Waals surface area contributed by atoms with Crippen LogP contribution in [0.3, 0.4) is 0 Å². The van der Waals surface area contributed by atoms with Crippen LogP contribution in [0.4, 0.5) is 10.7 Å². The van der Waals surface area contributed by atoms with E-state index < -0.39 is 5.97 Å². The predicted octanol–water partition coefficient (Wildman–Crippen LogP) is 4.81. The number of carbonyl (C=O) groups excluding carboxylic acids is 2. The smallest absolute Gasteiger partial charge is 0.337 e. The van der Waals surface area contributed by atoms with Gasteiger partial charge in [0.15, 0.2) is 0 Å². The Balaban J connectivity index is 1.62. The molecule has 0 saturated carbocycles. The molecule has 0 fully saturated rings. The summed E-state index contributed by atoms with van der Waals surface area (Å²) in [5.41, 5.74) is 3.68. The molecule has 2 heterocycles. The summed E-state index contributed by atoms with van der Waals surface area (Å²) in [5, 5.41) is 3.66. The summed E-state index contributed by atoms with van der Waals surface area (Å²) in [4.78, 5) is 34.7. The fourth-order valence-electron chi connectivity index (χ4n) is 3.46. The molecule has 0 bridgehead atoms. The van der Waals surface area contributed by atoms with E-state index in [4.69, 9.17) is 4.74 Å². The SMILES string of the molecule is COC(=O)c1ccc(NC(=O)c2c(N=Cc3cccnc3)sc3c2CCCC3)cc1. The molecule has 1 aromatic carbocycles. The van der Waals surface area contributed by atoms with Gasteiger partial charge in [0.25, 0.3) is 5.91 Å². The number of ether oxygens (including phenoxy) is 1. The molecular formula is C23H21N3O3S. The minimum atomic E-state index is -0.410. The number of amides is 1. The van der Waals surface area contributed by atoms with E-state index >= 15 is 0 Å². The summed E-state index contributed by atoms with van der Waals surface area (Å²) in [6, 6.07) is 10.4. The number of methoxy groups -OCH3 is 1. The number of pyridine rings is 1. The summed E-state index contributed by atoms with van der Waals surface area (Å²) in [5.74, 6) is -0.592. The number of nitrogens with zero attached hydrogens (tertiary/aromatic N) is 2. The maximum Gasteiger partial charge on any atom is 0.337 e. The number of anilines is 1. The largest absolute Gasteiger partial charge is 0.465 e. The van der Waals surface area contributed by atoms with Gasteiger partial charge in [-0.1, -0.05) is 6.07 Å². The standard InChI is InChI=1S/C23H21N3O3S/c1-29-23(28)16-8-10-17(11-9-16)26-21(27)20-18-6-2-3-7-19(18)30-22(20)25-14-15-5-4-12-24-13-15/h4-5,8-14H,2-3,6-7H2,1H3,(H,26,27). The lowest BCUT2D eigenvalue weighted by atomic mass is 9.95. The fraction of sp³-hybridized carbons (Fsp3) is 0.217. The first kappa shape index (κ1) is 20.0. The quantitative estimate of drug-likeness (QED) is 0.475. The Kier molecular flexibility index (Phi) is 5.99. The highest BCUT2D eigenvalue weighted by atomic mass is 32.1. The predicted molar refractivity (Wildman–Crippen MR) is 118 cm³/mol. The number of aromatic nitrogens is 1. The normalized spacial score (nSPS) is 13.1. The molecule has 152 valence electrons. The van der Waals surface area contributed by atoms with Crippen molar-refractivity contribution in [3.05, 3.63) is 75.9 Å². The van der Waals surface area contributed by atoms with Crippen LogP contribution in [0.25, 0.3) is 0 Å². The van der Waals surface area contributed by atoms with Gasteiger partial charge in [0.1, 0.15) is 5.00 Å². The maximum absolute atomic E-state index is 13.2. The lowest BCUT2D eigenvalue weighted by Crippen LogP contribution is -2.15. The number of hydrogen-bond donors (Lipinski definition) is 1. The summed E-state index contributed by atoms with van der Waals surface area (Å²) >= 11 is 1.59. The van der Waals surface area contributed by atoms with Gasteiger partial charge in [-0.05, 0) is 61.6 Å². The number of esters is 1. The van der Waals surface area contributed by atoms with Crippen molar-refractivity contribution in [2.75, 3.05) is 12.4 Å². The number of thiophene rings is 1. The highest BCUT2D eigenvalue weighted by molar-refractivity contribution is 7.16. The summed E-state index contributed by atoms with van der Waals surface area (Å²) in [7, 11) is 1.34. The van der Waals surface area contributed by atoms with Crippen LogP contribution in [-0.2, 0) is 17.6 Å². The van der Waals surface area contributed by atoms with Crippen LogP contribution < -0.4 is 5.32 Å². The second-order valence-electron chi connectivity index (χ2n) is 6.96. The first-order valence-electron chi connectivity index (χ1n) is 9.74. The molecule has 1 amide bonds. The van der Waals surface area contributed by atoms with Crippen LogP contribution in [0, 0.1) is 0 Å². The fourth-order valence-corrected chi connectivity index (χ4v) is 4.69. The molecule has 4 rings (SSSR count). The van der Waals surface area contributed by atoms with E-state index in [-0.39, 0.29) is 5.91 Å².